The van der Waals surface area contributed by atoms with Crippen molar-refractivity contribution in [2.24, 2.45) is 0 Å². The van der Waals surface area contributed by atoms with Crippen LogP contribution in [0.15, 0.2) is 34.9 Å². The minimum absolute atomic E-state index is 0.00909. The van der Waals surface area contributed by atoms with Crippen LogP contribution in [0.3, 0.4) is 0 Å². The number of likely N-dealkylation sites (tertiary alicyclic amines) is 1. The first-order chi connectivity index (χ1) is 15.8. The van der Waals surface area contributed by atoms with E-state index in [-0.39, 0.29) is 36.6 Å². The maximum absolute atomic E-state index is 15.1. The average molecular weight is 515 g/mol. The Hall–Kier alpha value is -2.94. The van der Waals surface area contributed by atoms with E-state index in [1.165, 1.54) is 6.07 Å². The van der Waals surface area contributed by atoms with Crippen LogP contribution >= 0.6 is 15.9 Å². The van der Waals surface area contributed by atoms with Gasteiger partial charge in [0.15, 0.2) is 18.2 Å². The van der Waals surface area contributed by atoms with Gasteiger partial charge in [0, 0.05) is 36.6 Å². The molecule has 2 aliphatic rings. The van der Waals surface area contributed by atoms with Gasteiger partial charge in [0.1, 0.15) is 5.65 Å². The smallest absolute Gasteiger partial charge is 0.265 e. The van der Waals surface area contributed by atoms with Crippen molar-refractivity contribution >= 4 is 39.1 Å². The molecule has 9 heteroatoms. The Balaban J connectivity index is 1.54. The lowest BCUT2D eigenvalue weighted by Gasteiger charge is -2.34. The van der Waals surface area contributed by atoms with Crippen LogP contribution in [0.2, 0.25) is 0 Å². The van der Waals surface area contributed by atoms with E-state index < -0.39 is 5.82 Å². The molecule has 1 unspecified atom stereocenters. The van der Waals surface area contributed by atoms with E-state index in [1.807, 2.05) is 35.7 Å². The number of aryl methyl sites for hydroxylation is 1. The molecular weight excluding hydrogens is 491 g/mol. The summed E-state index contributed by atoms with van der Waals surface area (Å²) in [7, 11) is 0. The van der Waals surface area contributed by atoms with Crippen LogP contribution in [0.4, 0.5) is 10.1 Å². The molecule has 4 heterocycles. The molecule has 0 N–H and O–H groups in total. The summed E-state index contributed by atoms with van der Waals surface area (Å²) in [5, 5.41) is 0. The number of hydrogen-bond donors (Lipinski definition) is 0. The molecular formula is C24H24BrFN4O3. The van der Waals surface area contributed by atoms with Crippen molar-refractivity contribution in [3.63, 3.8) is 0 Å². The number of rotatable bonds is 3. The normalized spacial score (nSPS) is 18.4. The number of ether oxygens (including phenoxy) is 1. The van der Waals surface area contributed by atoms with Crippen molar-refractivity contribution < 1.29 is 18.7 Å². The molecule has 1 aromatic carbocycles. The molecule has 1 fully saturated rings. The number of carbonyl (C=O) groups is 2. The van der Waals surface area contributed by atoms with E-state index in [1.54, 1.807) is 16.7 Å². The van der Waals surface area contributed by atoms with Gasteiger partial charge in [-0.15, -0.1) is 0 Å². The SMILES string of the molecule is CC(=O)N1CCCC(c2cc(F)c3c(c2)N(Cc2c(C)nc4ccc(Br)cn24)C(=O)CO3)C1. The van der Waals surface area contributed by atoms with Crippen LogP contribution < -0.4 is 9.64 Å². The second-order valence-corrected chi connectivity index (χ2v) is 9.56. The zero-order valence-electron chi connectivity index (χ0n) is 18.5. The average Bonchev–Trinajstić information content (AvgIpc) is 3.09. The van der Waals surface area contributed by atoms with Gasteiger partial charge in [-0.1, -0.05) is 0 Å². The highest BCUT2D eigenvalue weighted by atomic mass is 79.9. The largest absolute Gasteiger partial charge is 0.478 e. The summed E-state index contributed by atoms with van der Waals surface area (Å²) >= 11 is 3.49. The first-order valence-electron chi connectivity index (χ1n) is 11.0. The quantitative estimate of drug-likeness (QED) is 0.525. The fourth-order valence-corrected chi connectivity index (χ4v) is 5.10. The minimum Gasteiger partial charge on any atom is -0.478 e. The zero-order valence-corrected chi connectivity index (χ0v) is 20.1. The van der Waals surface area contributed by atoms with Crippen LogP contribution in [-0.2, 0) is 16.1 Å². The first-order valence-corrected chi connectivity index (χ1v) is 11.8. The number of halogens is 2. The Kier molecular flexibility index (Phi) is 5.60. The number of anilines is 1. The van der Waals surface area contributed by atoms with Gasteiger partial charge in [0.2, 0.25) is 5.91 Å². The Labute approximate surface area is 199 Å². The second kappa shape index (κ2) is 8.44. The molecule has 2 amide bonds. The van der Waals surface area contributed by atoms with Crippen molar-refractivity contribution in [1.29, 1.82) is 0 Å². The third kappa shape index (κ3) is 3.99. The van der Waals surface area contributed by atoms with E-state index >= 15 is 4.39 Å². The van der Waals surface area contributed by atoms with E-state index in [9.17, 15) is 9.59 Å². The number of aromatic nitrogens is 2. The molecule has 3 aromatic rings. The first kappa shape index (κ1) is 21.9. The summed E-state index contributed by atoms with van der Waals surface area (Å²) in [6.45, 7) is 4.74. The third-order valence-corrected chi connectivity index (χ3v) is 6.97. The van der Waals surface area contributed by atoms with Crippen molar-refractivity contribution in [1.82, 2.24) is 14.3 Å². The highest BCUT2D eigenvalue weighted by molar-refractivity contribution is 9.10. The van der Waals surface area contributed by atoms with Crippen LogP contribution in [0, 0.1) is 12.7 Å². The van der Waals surface area contributed by atoms with E-state index in [4.69, 9.17) is 4.74 Å². The summed E-state index contributed by atoms with van der Waals surface area (Å²) in [6.07, 6.45) is 3.63. The van der Waals surface area contributed by atoms with Crippen molar-refractivity contribution in [2.45, 2.75) is 39.2 Å². The molecule has 172 valence electrons. The van der Waals surface area contributed by atoms with Crippen LogP contribution in [0.25, 0.3) is 5.65 Å². The number of fused-ring (bicyclic) bond motifs is 2. The van der Waals surface area contributed by atoms with Gasteiger partial charge in [0.25, 0.3) is 5.91 Å². The molecule has 5 rings (SSSR count). The Morgan fingerprint density at radius 3 is 2.94 bits per heavy atom. The Morgan fingerprint density at radius 1 is 1.33 bits per heavy atom. The number of imidazole rings is 1. The second-order valence-electron chi connectivity index (χ2n) is 8.64. The molecule has 0 bridgehead atoms. The monoisotopic (exact) mass is 514 g/mol. The molecule has 33 heavy (non-hydrogen) atoms. The van der Waals surface area contributed by atoms with Crippen LogP contribution in [-0.4, -0.2) is 45.8 Å². The minimum atomic E-state index is -0.488. The van der Waals surface area contributed by atoms with Crippen LogP contribution in [0.1, 0.15) is 42.6 Å². The number of hydrogen-bond acceptors (Lipinski definition) is 4. The highest BCUT2D eigenvalue weighted by Crippen LogP contribution is 2.40. The molecule has 1 atom stereocenters. The number of nitrogens with zero attached hydrogens (tertiary/aromatic N) is 4. The summed E-state index contributed by atoms with van der Waals surface area (Å²) in [6, 6.07) is 7.14. The predicted octanol–water partition coefficient (Wildman–Crippen LogP) is 4.20. The molecule has 2 aliphatic heterocycles. The van der Waals surface area contributed by atoms with Gasteiger partial charge in [-0.3, -0.25) is 14.5 Å². The predicted molar refractivity (Wildman–Crippen MR) is 125 cm³/mol. The lowest BCUT2D eigenvalue weighted by molar-refractivity contribution is -0.130. The molecule has 2 aromatic heterocycles. The number of pyridine rings is 1. The van der Waals surface area contributed by atoms with Gasteiger partial charge in [0.05, 0.1) is 23.6 Å². The molecule has 0 aliphatic carbocycles. The fraction of sp³-hybridized carbons (Fsp3) is 0.375. The maximum atomic E-state index is 15.1. The fourth-order valence-electron chi connectivity index (χ4n) is 4.76. The van der Waals surface area contributed by atoms with Gasteiger partial charge in [-0.25, -0.2) is 9.37 Å². The summed E-state index contributed by atoms with van der Waals surface area (Å²) in [4.78, 5) is 32.8. The van der Waals surface area contributed by atoms with Crippen molar-refractivity contribution in [2.75, 3.05) is 24.6 Å². The molecule has 7 nitrogen and oxygen atoms in total. The van der Waals surface area contributed by atoms with Gasteiger partial charge in [-0.2, -0.15) is 0 Å². The number of amides is 2. The zero-order chi connectivity index (χ0) is 23.3. The molecule has 0 saturated carbocycles. The van der Waals surface area contributed by atoms with Gasteiger partial charge >= 0.3 is 0 Å². The molecule has 1 saturated heterocycles. The van der Waals surface area contributed by atoms with Crippen molar-refractivity contribution in [3.8, 4) is 5.75 Å². The summed E-state index contributed by atoms with van der Waals surface area (Å²) in [5.74, 6) is -0.609. The van der Waals surface area contributed by atoms with Gasteiger partial charge < -0.3 is 14.0 Å². The number of carbonyl (C=O) groups excluding carboxylic acids is 2. The lowest BCUT2D eigenvalue weighted by Crippen LogP contribution is -2.40. The Bertz CT molecular complexity index is 1270. The van der Waals surface area contributed by atoms with Gasteiger partial charge in [-0.05, 0) is 65.5 Å². The standard InChI is InChI=1S/C24H24BrFN4O3/c1-14-21(29-11-18(25)5-6-22(29)27-14)12-30-20-9-17(8-19(26)24(20)33-13-23(30)32)16-4-3-7-28(10-16)15(2)31/h5-6,8-9,11,16H,3-4,7,10,12-13H2,1-2H3. The number of benzene rings is 1. The molecule has 0 radical (unpaired) electrons. The highest BCUT2D eigenvalue weighted by Gasteiger charge is 2.32. The lowest BCUT2D eigenvalue weighted by atomic mass is 9.89. The third-order valence-electron chi connectivity index (χ3n) is 6.51. The van der Waals surface area contributed by atoms with E-state index in [2.05, 4.69) is 20.9 Å². The summed E-state index contributed by atoms with van der Waals surface area (Å²) in [5.41, 5.74) is 3.62. The van der Waals surface area contributed by atoms with Crippen LogP contribution in [0.5, 0.6) is 5.75 Å². The maximum Gasteiger partial charge on any atom is 0.265 e. The summed E-state index contributed by atoms with van der Waals surface area (Å²) < 4.78 is 23.5. The Morgan fingerprint density at radius 2 is 2.15 bits per heavy atom. The van der Waals surface area contributed by atoms with Crippen molar-refractivity contribution in [3.05, 3.63) is 57.7 Å². The molecule has 0 spiro atoms. The van der Waals surface area contributed by atoms with E-state index in [0.29, 0.717) is 12.2 Å². The van der Waals surface area contributed by atoms with E-state index in [0.717, 1.165) is 46.5 Å². The number of piperidine rings is 1. The topological polar surface area (TPSA) is 67.2 Å².